The quantitative estimate of drug-likeness (QED) is 0.808. The van der Waals surface area contributed by atoms with Gasteiger partial charge in [-0.1, -0.05) is 0 Å². The summed E-state index contributed by atoms with van der Waals surface area (Å²) in [7, 11) is 0. The van der Waals surface area contributed by atoms with Crippen LogP contribution in [0.15, 0.2) is 48.5 Å². The molecule has 29 heavy (non-hydrogen) atoms. The Morgan fingerprint density at radius 2 is 1.41 bits per heavy atom. The van der Waals surface area contributed by atoms with E-state index >= 15 is 0 Å². The molecular formula is C22H23F2N3O2. The summed E-state index contributed by atoms with van der Waals surface area (Å²) in [4.78, 5) is 27.2. The number of anilines is 1. The summed E-state index contributed by atoms with van der Waals surface area (Å²) in [6.45, 7) is 0. The standard InChI is InChI=1S/C22H23F2N3O2/c23-15-6-4-14(5-7-15)21(28)25-18-12-19-2-1-3-20(13-18)27(19)22(29)26-17-10-8-16(24)9-11-17/h4-11,18-20H,1-3,12-13H2,(H,25,28)(H,26,29). The first-order valence-electron chi connectivity index (χ1n) is 9.91. The Labute approximate surface area is 168 Å². The number of nitrogens with one attached hydrogen (secondary N) is 2. The average Bonchev–Trinajstić information content (AvgIpc) is 2.69. The molecule has 0 aliphatic carbocycles. The molecule has 0 radical (unpaired) electrons. The van der Waals surface area contributed by atoms with Gasteiger partial charge in [0.15, 0.2) is 0 Å². The molecule has 2 saturated heterocycles. The van der Waals surface area contributed by atoms with Crippen molar-refractivity contribution in [3.8, 4) is 0 Å². The minimum atomic E-state index is -0.378. The molecule has 152 valence electrons. The lowest BCUT2D eigenvalue weighted by Gasteiger charge is -2.48. The van der Waals surface area contributed by atoms with Crippen molar-refractivity contribution in [2.75, 3.05) is 5.32 Å². The molecule has 2 aromatic rings. The predicted molar refractivity (Wildman–Crippen MR) is 106 cm³/mol. The molecule has 2 atom stereocenters. The number of halogens is 2. The van der Waals surface area contributed by atoms with E-state index in [0.29, 0.717) is 24.1 Å². The van der Waals surface area contributed by atoms with Gasteiger partial charge in [-0.25, -0.2) is 13.6 Å². The van der Waals surface area contributed by atoms with Gasteiger partial charge in [0.1, 0.15) is 11.6 Å². The molecule has 2 unspecified atom stereocenters. The highest BCUT2D eigenvalue weighted by Gasteiger charge is 2.41. The molecule has 5 nitrogen and oxygen atoms in total. The zero-order valence-electron chi connectivity index (χ0n) is 15.9. The summed E-state index contributed by atoms with van der Waals surface area (Å²) in [6.07, 6.45) is 4.18. The maximum Gasteiger partial charge on any atom is 0.322 e. The molecule has 2 aliphatic rings. The SMILES string of the molecule is O=C(NC1CC2CCCC(C1)N2C(=O)Nc1ccc(F)cc1)c1ccc(F)cc1. The highest BCUT2D eigenvalue weighted by Crippen LogP contribution is 2.34. The summed E-state index contributed by atoms with van der Waals surface area (Å²) in [5.41, 5.74) is 0.981. The van der Waals surface area contributed by atoms with E-state index in [-0.39, 0.29) is 41.7 Å². The van der Waals surface area contributed by atoms with Crippen molar-refractivity contribution >= 4 is 17.6 Å². The number of amides is 3. The van der Waals surface area contributed by atoms with Crippen molar-refractivity contribution in [1.82, 2.24) is 10.2 Å². The highest BCUT2D eigenvalue weighted by molar-refractivity contribution is 5.94. The fraction of sp³-hybridized carbons (Fsp3) is 0.364. The largest absolute Gasteiger partial charge is 0.349 e. The van der Waals surface area contributed by atoms with E-state index in [1.165, 1.54) is 36.4 Å². The van der Waals surface area contributed by atoms with Crippen molar-refractivity contribution in [3.63, 3.8) is 0 Å². The van der Waals surface area contributed by atoms with Crippen LogP contribution in [0.1, 0.15) is 42.5 Å². The minimum absolute atomic E-state index is 0.0299. The second-order valence-corrected chi connectivity index (χ2v) is 7.73. The van der Waals surface area contributed by atoms with Crippen LogP contribution in [0.3, 0.4) is 0 Å². The van der Waals surface area contributed by atoms with E-state index in [4.69, 9.17) is 0 Å². The second-order valence-electron chi connectivity index (χ2n) is 7.73. The van der Waals surface area contributed by atoms with Crippen LogP contribution in [0.25, 0.3) is 0 Å². The van der Waals surface area contributed by atoms with Gasteiger partial charge in [-0.15, -0.1) is 0 Å². The molecule has 2 fully saturated rings. The molecule has 0 saturated carbocycles. The lowest BCUT2D eigenvalue weighted by Crippen LogP contribution is -2.59. The fourth-order valence-electron chi connectivity index (χ4n) is 4.42. The Bertz CT molecular complexity index is 872. The van der Waals surface area contributed by atoms with Crippen molar-refractivity contribution in [3.05, 3.63) is 65.7 Å². The van der Waals surface area contributed by atoms with Gasteiger partial charge in [0.2, 0.25) is 0 Å². The number of fused-ring (bicyclic) bond motifs is 2. The van der Waals surface area contributed by atoms with Crippen LogP contribution in [-0.2, 0) is 0 Å². The molecule has 2 aliphatic heterocycles. The Morgan fingerprint density at radius 1 is 0.862 bits per heavy atom. The number of hydrogen-bond donors (Lipinski definition) is 2. The maximum atomic E-state index is 13.1. The molecule has 2 heterocycles. The Kier molecular flexibility index (Phi) is 5.47. The molecular weight excluding hydrogens is 376 g/mol. The van der Waals surface area contributed by atoms with Crippen LogP contribution in [0.5, 0.6) is 0 Å². The minimum Gasteiger partial charge on any atom is -0.349 e. The Morgan fingerprint density at radius 3 is 2.00 bits per heavy atom. The Hall–Kier alpha value is -2.96. The van der Waals surface area contributed by atoms with Crippen LogP contribution in [-0.4, -0.2) is 35.0 Å². The van der Waals surface area contributed by atoms with Crippen LogP contribution in [0, 0.1) is 11.6 Å². The van der Waals surface area contributed by atoms with Gasteiger partial charge >= 0.3 is 6.03 Å². The Balaban J connectivity index is 1.40. The van der Waals surface area contributed by atoms with Crippen molar-refractivity contribution < 1.29 is 18.4 Å². The van der Waals surface area contributed by atoms with E-state index in [9.17, 15) is 18.4 Å². The molecule has 2 N–H and O–H groups in total. The number of carbonyl (C=O) groups excluding carboxylic acids is 2. The number of carbonyl (C=O) groups is 2. The van der Waals surface area contributed by atoms with Crippen molar-refractivity contribution in [1.29, 1.82) is 0 Å². The van der Waals surface area contributed by atoms with Gasteiger partial charge in [-0.3, -0.25) is 4.79 Å². The molecule has 2 bridgehead atoms. The van der Waals surface area contributed by atoms with Gasteiger partial charge < -0.3 is 15.5 Å². The summed E-state index contributed by atoms with van der Waals surface area (Å²) in [6, 6.07) is 11.1. The number of piperidine rings is 2. The zero-order chi connectivity index (χ0) is 20.4. The summed E-state index contributed by atoms with van der Waals surface area (Å²) in [5, 5.41) is 5.89. The molecule has 7 heteroatoms. The van der Waals surface area contributed by atoms with Gasteiger partial charge in [-0.2, -0.15) is 0 Å². The average molecular weight is 399 g/mol. The van der Waals surface area contributed by atoms with Gasteiger partial charge in [0, 0.05) is 29.4 Å². The first kappa shape index (κ1) is 19.4. The van der Waals surface area contributed by atoms with E-state index in [1.54, 1.807) is 12.1 Å². The first-order valence-corrected chi connectivity index (χ1v) is 9.91. The monoisotopic (exact) mass is 399 g/mol. The second kappa shape index (κ2) is 8.19. The highest BCUT2D eigenvalue weighted by atomic mass is 19.1. The summed E-state index contributed by atoms with van der Waals surface area (Å²) in [5.74, 6) is -0.952. The van der Waals surface area contributed by atoms with Crippen LogP contribution in [0.2, 0.25) is 0 Å². The number of nitrogens with zero attached hydrogens (tertiary/aromatic N) is 1. The maximum absolute atomic E-state index is 13.1. The molecule has 4 rings (SSSR count). The number of rotatable bonds is 3. The first-order chi connectivity index (χ1) is 14.0. The van der Waals surface area contributed by atoms with Gasteiger partial charge in [0.25, 0.3) is 5.91 Å². The molecule has 0 aromatic heterocycles. The topological polar surface area (TPSA) is 61.4 Å². The van der Waals surface area contributed by atoms with E-state index in [2.05, 4.69) is 10.6 Å². The molecule has 2 aromatic carbocycles. The summed E-state index contributed by atoms with van der Waals surface area (Å²) >= 11 is 0. The molecule has 3 amide bonds. The normalized spacial score (nSPS) is 23.4. The molecule has 0 spiro atoms. The van der Waals surface area contributed by atoms with E-state index < -0.39 is 0 Å². The van der Waals surface area contributed by atoms with Crippen molar-refractivity contribution in [2.24, 2.45) is 0 Å². The van der Waals surface area contributed by atoms with Gasteiger partial charge in [-0.05, 0) is 80.6 Å². The number of benzene rings is 2. The third-order valence-corrected chi connectivity index (χ3v) is 5.75. The third kappa shape index (κ3) is 4.39. The third-order valence-electron chi connectivity index (χ3n) is 5.75. The lowest BCUT2D eigenvalue weighted by molar-refractivity contribution is 0.0577. The summed E-state index contributed by atoms with van der Waals surface area (Å²) < 4.78 is 26.1. The van der Waals surface area contributed by atoms with Crippen LogP contribution < -0.4 is 10.6 Å². The predicted octanol–water partition coefficient (Wildman–Crippen LogP) is 4.31. The fourth-order valence-corrected chi connectivity index (χ4v) is 4.42. The van der Waals surface area contributed by atoms with Gasteiger partial charge in [0.05, 0.1) is 0 Å². The zero-order valence-corrected chi connectivity index (χ0v) is 15.9. The van der Waals surface area contributed by atoms with E-state index in [0.717, 1.165) is 19.3 Å². The smallest absolute Gasteiger partial charge is 0.322 e. The van der Waals surface area contributed by atoms with Crippen molar-refractivity contribution in [2.45, 2.75) is 50.2 Å². The number of urea groups is 1. The number of hydrogen-bond acceptors (Lipinski definition) is 2. The van der Waals surface area contributed by atoms with Crippen LogP contribution in [0.4, 0.5) is 19.3 Å². The van der Waals surface area contributed by atoms with E-state index in [1.807, 2.05) is 4.90 Å². The lowest BCUT2D eigenvalue weighted by atomic mass is 9.82. The van der Waals surface area contributed by atoms with Crippen LogP contribution >= 0.6 is 0 Å².